The number of primary amides is 1. The van der Waals surface area contributed by atoms with Crippen LogP contribution in [0.15, 0.2) is 23.0 Å². The number of nitrogens with zero attached hydrogens (tertiary/aromatic N) is 3. The normalized spacial score (nSPS) is 18.1. The van der Waals surface area contributed by atoms with Gasteiger partial charge >= 0.3 is 5.69 Å². The summed E-state index contributed by atoms with van der Waals surface area (Å²) in [6.07, 6.45) is 3.20. The quantitative estimate of drug-likeness (QED) is 0.876. The molecule has 0 saturated heterocycles. The van der Waals surface area contributed by atoms with Crippen molar-refractivity contribution in [2.24, 2.45) is 18.2 Å². The first-order valence-electron chi connectivity index (χ1n) is 9.61. The van der Waals surface area contributed by atoms with Gasteiger partial charge in [-0.25, -0.2) is 4.79 Å². The van der Waals surface area contributed by atoms with Gasteiger partial charge in [-0.05, 0) is 42.9 Å². The first kappa shape index (κ1) is 18.5. The van der Waals surface area contributed by atoms with E-state index in [0.717, 1.165) is 24.2 Å². The molecular weight excluding hydrogens is 356 g/mol. The third-order valence-electron chi connectivity index (χ3n) is 5.89. The van der Waals surface area contributed by atoms with E-state index in [0.29, 0.717) is 35.8 Å². The molecule has 1 fully saturated rings. The number of aromatic nitrogens is 2. The van der Waals surface area contributed by atoms with Gasteiger partial charge in [-0.2, -0.15) is 0 Å². The van der Waals surface area contributed by atoms with Crippen LogP contribution in [-0.4, -0.2) is 33.9 Å². The van der Waals surface area contributed by atoms with E-state index in [1.807, 2.05) is 27.0 Å². The number of hydrogen-bond donors (Lipinski definition) is 1. The summed E-state index contributed by atoms with van der Waals surface area (Å²) in [5.74, 6) is -0.499. The molecule has 2 N–H and O–H groups in total. The minimum Gasteiger partial charge on any atom is -0.371 e. The van der Waals surface area contributed by atoms with Crippen LogP contribution in [0.5, 0.6) is 0 Å². The first-order chi connectivity index (χ1) is 13.1. The van der Waals surface area contributed by atoms with E-state index in [2.05, 4.69) is 4.90 Å². The Labute approximate surface area is 163 Å². The molecule has 2 aliphatic carbocycles. The van der Waals surface area contributed by atoms with Crippen LogP contribution in [0.4, 0.5) is 5.69 Å². The minimum atomic E-state index is -0.493. The van der Waals surface area contributed by atoms with Crippen molar-refractivity contribution in [3.8, 4) is 5.69 Å². The Morgan fingerprint density at radius 3 is 2.50 bits per heavy atom. The number of imidazole rings is 1. The lowest BCUT2D eigenvalue weighted by Gasteiger charge is -2.29. The van der Waals surface area contributed by atoms with Crippen molar-refractivity contribution < 1.29 is 9.59 Å². The Hall–Kier alpha value is -2.83. The molecule has 0 aliphatic heterocycles. The van der Waals surface area contributed by atoms with E-state index in [9.17, 15) is 14.4 Å². The Morgan fingerprint density at radius 1 is 1.21 bits per heavy atom. The molecule has 0 atom stereocenters. The molecule has 7 heteroatoms. The number of Topliss-reactive ketones (excluding diaryl/α,β-unsaturated/α-hetero) is 1. The summed E-state index contributed by atoms with van der Waals surface area (Å²) in [5, 5.41) is 0. The topological polar surface area (TPSA) is 90.3 Å². The first-order valence-corrected chi connectivity index (χ1v) is 9.61. The van der Waals surface area contributed by atoms with E-state index >= 15 is 0 Å². The molecule has 1 aromatic heterocycles. The second-order valence-electron chi connectivity index (χ2n) is 8.82. The Morgan fingerprint density at radius 2 is 1.89 bits per heavy atom. The minimum absolute atomic E-state index is 0.00585. The number of anilines is 1. The summed E-state index contributed by atoms with van der Waals surface area (Å²) in [4.78, 5) is 39.7. The Balaban J connectivity index is 1.92. The molecule has 0 bridgehead atoms. The van der Waals surface area contributed by atoms with Gasteiger partial charge < -0.3 is 10.6 Å². The molecule has 1 saturated carbocycles. The molecule has 2 aromatic rings. The fourth-order valence-corrected chi connectivity index (χ4v) is 4.29. The number of rotatable bonds is 4. The zero-order valence-electron chi connectivity index (χ0n) is 16.8. The van der Waals surface area contributed by atoms with Gasteiger partial charge in [-0.3, -0.25) is 18.7 Å². The highest BCUT2D eigenvalue weighted by molar-refractivity contribution is 5.99. The molecule has 1 heterocycles. The van der Waals surface area contributed by atoms with Gasteiger partial charge in [0.25, 0.3) is 5.91 Å². The zero-order valence-corrected chi connectivity index (χ0v) is 16.8. The number of amides is 1. The zero-order chi connectivity index (χ0) is 20.4. The fourth-order valence-electron chi connectivity index (χ4n) is 4.29. The summed E-state index contributed by atoms with van der Waals surface area (Å²) < 4.78 is 3.06. The monoisotopic (exact) mass is 382 g/mol. The van der Waals surface area contributed by atoms with Crippen molar-refractivity contribution in [2.45, 2.75) is 45.6 Å². The maximum atomic E-state index is 13.0. The highest BCUT2D eigenvalue weighted by Crippen LogP contribution is 2.37. The smallest absolute Gasteiger partial charge is 0.333 e. The molecule has 0 spiro atoms. The number of fused-ring (bicyclic) bond motifs is 1. The second kappa shape index (κ2) is 6.09. The molecule has 0 unspecified atom stereocenters. The van der Waals surface area contributed by atoms with Gasteiger partial charge in [-0.1, -0.05) is 13.8 Å². The molecular formula is C21H26N4O3. The highest BCUT2D eigenvalue weighted by atomic mass is 16.2. The van der Waals surface area contributed by atoms with Crippen molar-refractivity contribution in [3.63, 3.8) is 0 Å². The van der Waals surface area contributed by atoms with Gasteiger partial charge in [0.05, 0.1) is 22.6 Å². The van der Waals surface area contributed by atoms with Crippen molar-refractivity contribution in [1.29, 1.82) is 0 Å². The number of benzene rings is 1. The predicted octanol–water partition coefficient (Wildman–Crippen LogP) is 2.03. The van der Waals surface area contributed by atoms with Crippen LogP contribution in [0.2, 0.25) is 0 Å². The molecule has 28 heavy (non-hydrogen) atoms. The number of ketones is 1. The van der Waals surface area contributed by atoms with Crippen LogP contribution in [-0.2, 0) is 13.5 Å². The SMILES string of the molecule is CN(c1cc(-n2c3c(n(C)c2=O)C(=O)CC(C)(C)C3)ccc1C(N)=O)C1CC1. The fraction of sp³-hybridized carbons (Fsp3) is 0.476. The molecule has 2 aliphatic rings. The molecule has 148 valence electrons. The number of carbonyl (C=O) groups is 2. The third-order valence-corrected chi connectivity index (χ3v) is 5.89. The van der Waals surface area contributed by atoms with Gasteiger partial charge in [0.15, 0.2) is 5.78 Å². The molecule has 1 aromatic carbocycles. The van der Waals surface area contributed by atoms with Crippen LogP contribution in [0.1, 0.15) is 59.7 Å². The van der Waals surface area contributed by atoms with E-state index in [1.54, 1.807) is 23.7 Å². The van der Waals surface area contributed by atoms with Crippen LogP contribution >= 0.6 is 0 Å². The van der Waals surface area contributed by atoms with Gasteiger partial charge in [-0.15, -0.1) is 0 Å². The van der Waals surface area contributed by atoms with Crippen molar-refractivity contribution >= 4 is 17.4 Å². The largest absolute Gasteiger partial charge is 0.371 e. The van der Waals surface area contributed by atoms with Crippen LogP contribution in [0.25, 0.3) is 5.69 Å². The van der Waals surface area contributed by atoms with Crippen molar-refractivity contribution in [1.82, 2.24) is 9.13 Å². The van der Waals surface area contributed by atoms with E-state index in [-0.39, 0.29) is 16.9 Å². The standard InChI is InChI=1S/C21H26N4O3/c1-21(2)10-16-18(17(26)11-21)24(4)20(28)25(16)13-7-8-14(19(22)27)15(9-13)23(3)12-5-6-12/h7-9,12H,5-6,10-11H2,1-4H3,(H2,22,27). The lowest BCUT2D eigenvalue weighted by Crippen LogP contribution is -2.29. The van der Waals surface area contributed by atoms with Crippen LogP contribution in [0, 0.1) is 5.41 Å². The number of carbonyl (C=O) groups excluding carboxylic acids is 2. The molecule has 0 radical (unpaired) electrons. The van der Waals surface area contributed by atoms with E-state index < -0.39 is 5.91 Å². The number of nitrogens with two attached hydrogens (primary N) is 1. The third kappa shape index (κ3) is 2.85. The van der Waals surface area contributed by atoms with E-state index in [4.69, 9.17) is 5.73 Å². The summed E-state index contributed by atoms with van der Waals surface area (Å²) in [7, 11) is 3.59. The molecule has 1 amide bonds. The van der Waals surface area contributed by atoms with Gasteiger partial charge in [0, 0.05) is 26.6 Å². The lowest BCUT2D eigenvalue weighted by atomic mass is 9.77. The Bertz CT molecular complexity index is 1060. The summed E-state index contributed by atoms with van der Waals surface area (Å²) in [6, 6.07) is 5.63. The summed E-state index contributed by atoms with van der Waals surface area (Å²) in [6.45, 7) is 4.08. The van der Waals surface area contributed by atoms with Crippen LogP contribution < -0.4 is 16.3 Å². The summed E-state index contributed by atoms with van der Waals surface area (Å²) >= 11 is 0. The van der Waals surface area contributed by atoms with Crippen molar-refractivity contribution in [2.75, 3.05) is 11.9 Å². The predicted molar refractivity (Wildman–Crippen MR) is 107 cm³/mol. The lowest BCUT2D eigenvalue weighted by molar-refractivity contribution is 0.0900. The van der Waals surface area contributed by atoms with Crippen molar-refractivity contribution in [3.05, 3.63) is 45.6 Å². The maximum absolute atomic E-state index is 13.0. The van der Waals surface area contributed by atoms with Gasteiger partial charge in [0.2, 0.25) is 0 Å². The average molecular weight is 382 g/mol. The average Bonchev–Trinajstić information content (AvgIpc) is 3.41. The van der Waals surface area contributed by atoms with E-state index in [1.165, 1.54) is 4.57 Å². The number of hydrogen-bond acceptors (Lipinski definition) is 4. The van der Waals surface area contributed by atoms with Crippen LogP contribution in [0.3, 0.4) is 0 Å². The maximum Gasteiger partial charge on any atom is 0.333 e. The van der Waals surface area contributed by atoms with Gasteiger partial charge in [0.1, 0.15) is 5.69 Å². The molecule has 7 nitrogen and oxygen atoms in total. The Kier molecular flexibility index (Phi) is 4.03. The highest BCUT2D eigenvalue weighted by Gasteiger charge is 2.37. The molecule has 4 rings (SSSR count). The second-order valence-corrected chi connectivity index (χ2v) is 8.82. The summed E-state index contributed by atoms with van der Waals surface area (Å²) in [5.41, 5.74) is 8.16.